The second kappa shape index (κ2) is 6.43. The third-order valence-corrected chi connectivity index (χ3v) is 4.52. The third-order valence-electron chi connectivity index (χ3n) is 4.52. The summed E-state index contributed by atoms with van der Waals surface area (Å²) in [6.45, 7) is 2.95. The van der Waals surface area contributed by atoms with Crippen LogP contribution in [0, 0.1) is 5.92 Å². The van der Waals surface area contributed by atoms with Gasteiger partial charge in [0.1, 0.15) is 6.04 Å². The smallest absolute Gasteiger partial charge is 0.326 e. The Morgan fingerprint density at radius 3 is 2.45 bits per heavy atom. The topological polar surface area (TPSA) is 81.1 Å². The summed E-state index contributed by atoms with van der Waals surface area (Å²) < 4.78 is 0. The van der Waals surface area contributed by atoms with Crippen molar-refractivity contribution in [3.05, 3.63) is 0 Å². The van der Waals surface area contributed by atoms with Crippen LogP contribution in [-0.2, 0) is 4.79 Å². The van der Waals surface area contributed by atoms with Crippen molar-refractivity contribution < 1.29 is 19.8 Å². The number of carboxylic acid groups (broad SMARTS) is 1. The van der Waals surface area contributed by atoms with Gasteiger partial charge in [0.2, 0.25) is 0 Å². The van der Waals surface area contributed by atoms with Crippen molar-refractivity contribution in [2.45, 2.75) is 51.1 Å². The molecule has 2 aliphatic rings. The number of hydrogen-bond acceptors (Lipinski definition) is 3. The molecule has 2 saturated heterocycles. The normalized spacial score (nSPS) is 31.2. The van der Waals surface area contributed by atoms with Gasteiger partial charge in [-0.25, -0.2) is 9.59 Å². The second-order valence-electron chi connectivity index (χ2n) is 5.90. The van der Waals surface area contributed by atoms with Gasteiger partial charge in [0.15, 0.2) is 0 Å². The molecule has 6 nitrogen and oxygen atoms in total. The molecule has 2 heterocycles. The summed E-state index contributed by atoms with van der Waals surface area (Å²) in [5, 5.41) is 18.8. The Balaban J connectivity index is 2.14. The predicted molar refractivity (Wildman–Crippen MR) is 73.4 cm³/mol. The molecule has 2 N–H and O–H groups in total. The average Bonchev–Trinajstić information content (AvgIpc) is 2.45. The number of carbonyl (C=O) groups is 2. The van der Waals surface area contributed by atoms with Crippen molar-refractivity contribution in [2.24, 2.45) is 5.92 Å². The Labute approximate surface area is 119 Å². The number of amides is 2. The molecule has 0 saturated carbocycles. The van der Waals surface area contributed by atoms with Gasteiger partial charge >= 0.3 is 12.0 Å². The van der Waals surface area contributed by atoms with E-state index in [9.17, 15) is 19.8 Å². The van der Waals surface area contributed by atoms with Gasteiger partial charge in [0, 0.05) is 13.1 Å². The number of aliphatic hydroxyl groups excluding tert-OH is 1. The lowest BCUT2D eigenvalue weighted by molar-refractivity contribution is -0.145. The number of carbonyl (C=O) groups excluding carboxylic acids is 1. The molecule has 0 spiro atoms. The number of urea groups is 1. The number of likely N-dealkylation sites (tertiary alicyclic amines) is 2. The number of hydrogen-bond donors (Lipinski definition) is 2. The summed E-state index contributed by atoms with van der Waals surface area (Å²) in [6, 6.07) is -1.12. The Morgan fingerprint density at radius 1 is 1.10 bits per heavy atom. The van der Waals surface area contributed by atoms with Crippen LogP contribution in [0.5, 0.6) is 0 Å². The number of aliphatic hydroxyl groups is 1. The van der Waals surface area contributed by atoms with Gasteiger partial charge in [-0.05, 0) is 38.0 Å². The quantitative estimate of drug-likeness (QED) is 0.796. The van der Waals surface area contributed by atoms with Gasteiger partial charge in [-0.3, -0.25) is 0 Å². The zero-order chi connectivity index (χ0) is 14.7. The molecule has 0 aromatic heterocycles. The fourth-order valence-electron chi connectivity index (χ4n) is 3.39. The van der Waals surface area contributed by atoms with E-state index in [4.69, 9.17) is 0 Å². The first-order chi connectivity index (χ1) is 9.56. The number of carboxylic acids is 1. The molecule has 3 unspecified atom stereocenters. The highest BCUT2D eigenvalue weighted by Gasteiger charge is 2.40. The summed E-state index contributed by atoms with van der Waals surface area (Å²) in [5.41, 5.74) is 0. The predicted octanol–water partition coefficient (Wildman–Crippen LogP) is 1.14. The van der Waals surface area contributed by atoms with Gasteiger partial charge in [-0.15, -0.1) is 0 Å². The zero-order valence-corrected chi connectivity index (χ0v) is 12.0. The van der Waals surface area contributed by atoms with E-state index >= 15 is 0 Å². The number of rotatable bonds is 2. The van der Waals surface area contributed by atoms with Crippen LogP contribution in [0.1, 0.15) is 39.0 Å². The molecular weight excluding hydrogens is 260 g/mol. The molecule has 3 atom stereocenters. The second-order valence-corrected chi connectivity index (χ2v) is 5.90. The van der Waals surface area contributed by atoms with E-state index in [1.54, 1.807) is 4.90 Å². The van der Waals surface area contributed by atoms with Crippen LogP contribution in [0.2, 0.25) is 0 Å². The van der Waals surface area contributed by atoms with E-state index in [2.05, 4.69) is 0 Å². The maximum atomic E-state index is 12.7. The summed E-state index contributed by atoms with van der Waals surface area (Å²) in [6.07, 6.45) is 4.40. The zero-order valence-electron chi connectivity index (χ0n) is 12.0. The Bertz CT molecular complexity index is 374. The maximum absolute atomic E-state index is 12.7. The van der Waals surface area contributed by atoms with Crippen molar-refractivity contribution in [1.29, 1.82) is 0 Å². The standard InChI is InChI=1S/C14H24N2O4/c1-10-5-4-8-16(12(10)13(18)19)14(20)15-7-3-2-6-11(15)9-17/h10-12,17H,2-9H2,1H3,(H,18,19). The molecule has 20 heavy (non-hydrogen) atoms. The molecule has 6 heteroatoms. The van der Waals surface area contributed by atoms with Crippen molar-refractivity contribution in [2.75, 3.05) is 19.7 Å². The lowest BCUT2D eigenvalue weighted by atomic mass is 9.91. The molecule has 2 amide bonds. The minimum Gasteiger partial charge on any atom is -0.480 e. The van der Waals surface area contributed by atoms with Gasteiger partial charge < -0.3 is 20.0 Å². The number of aliphatic carboxylic acids is 1. The molecular formula is C14H24N2O4. The van der Waals surface area contributed by atoms with Crippen molar-refractivity contribution in [3.63, 3.8) is 0 Å². The highest BCUT2D eigenvalue weighted by molar-refractivity contribution is 5.83. The van der Waals surface area contributed by atoms with Crippen LogP contribution < -0.4 is 0 Å². The van der Waals surface area contributed by atoms with Crippen LogP contribution in [0.15, 0.2) is 0 Å². The molecule has 0 radical (unpaired) electrons. The fourth-order valence-corrected chi connectivity index (χ4v) is 3.39. The van der Waals surface area contributed by atoms with Crippen LogP contribution in [-0.4, -0.2) is 63.8 Å². The van der Waals surface area contributed by atoms with Gasteiger partial charge in [0.05, 0.1) is 12.6 Å². The summed E-state index contributed by atoms with van der Waals surface area (Å²) in [4.78, 5) is 27.3. The average molecular weight is 284 g/mol. The Hall–Kier alpha value is -1.30. The lowest BCUT2D eigenvalue weighted by Gasteiger charge is -2.43. The van der Waals surface area contributed by atoms with E-state index < -0.39 is 12.0 Å². The Kier molecular flexibility index (Phi) is 4.86. The minimum atomic E-state index is -0.928. The number of nitrogens with zero attached hydrogens (tertiary/aromatic N) is 2. The molecule has 2 rings (SSSR count). The summed E-state index contributed by atoms with van der Waals surface area (Å²) >= 11 is 0. The van der Waals surface area contributed by atoms with Gasteiger partial charge in [0.25, 0.3) is 0 Å². The van der Waals surface area contributed by atoms with Crippen molar-refractivity contribution in [3.8, 4) is 0 Å². The highest BCUT2D eigenvalue weighted by Crippen LogP contribution is 2.27. The van der Waals surface area contributed by atoms with Crippen LogP contribution in [0.4, 0.5) is 4.79 Å². The van der Waals surface area contributed by atoms with Crippen LogP contribution in [0.3, 0.4) is 0 Å². The molecule has 0 aliphatic carbocycles. The largest absolute Gasteiger partial charge is 0.480 e. The van der Waals surface area contributed by atoms with Crippen molar-refractivity contribution in [1.82, 2.24) is 9.80 Å². The van der Waals surface area contributed by atoms with E-state index in [1.807, 2.05) is 6.92 Å². The monoisotopic (exact) mass is 284 g/mol. The maximum Gasteiger partial charge on any atom is 0.326 e. The lowest BCUT2D eigenvalue weighted by Crippen LogP contribution is -2.59. The minimum absolute atomic E-state index is 0.0254. The molecule has 2 fully saturated rings. The first-order valence-corrected chi connectivity index (χ1v) is 7.47. The van der Waals surface area contributed by atoms with Crippen LogP contribution >= 0.6 is 0 Å². The summed E-state index contributed by atoms with van der Waals surface area (Å²) in [5.74, 6) is -0.953. The summed E-state index contributed by atoms with van der Waals surface area (Å²) in [7, 11) is 0. The first-order valence-electron chi connectivity index (χ1n) is 7.47. The van der Waals surface area contributed by atoms with Crippen LogP contribution in [0.25, 0.3) is 0 Å². The van der Waals surface area contributed by atoms with E-state index in [-0.39, 0.29) is 24.6 Å². The highest BCUT2D eigenvalue weighted by atomic mass is 16.4. The fraction of sp³-hybridized carbons (Fsp3) is 0.857. The Morgan fingerprint density at radius 2 is 1.80 bits per heavy atom. The molecule has 0 aromatic carbocycles. The molecule has 0 aromatic rings. The molecule has 0 bridgehead atoms. The van der Waals surface area contributed by atoms with E-state index in [0.29, 0.717) is 13.1 Å². The SMILES string of the molecule is CC1CCCN(C(=O)N2CCCCC2CO)C1C(=O)O. The van der Waals surface area contributed by atoms with Gasteiger partial charge in [-0.1, -0.05) is 6.92 Å². The van der Waals surface area contributed by atoms with Crippen molar-refractivity contribution >= 4 is 12.0 Å². The third kappa shape index (κ3) is 2.90. The van der Waals surface area contributed by atoms with Gasteiger partial charge in [-0.2, -0.15) is 0 Å². The molecule has 114 valence electrons. The van der Waals surface area contributed by atoms with E-state index in [0.717, 1.165) is 32.1 Å². The number of piperidine rings is 2. The molecule has 2 aliphatic heterocycles. The first kappa shape index (κ1) is 15.1. The van der Waals surface area contributed by atoms with E-state index in [1.165, 1.54) is 4.90 Å².